The van der Waals surface area contributed by atoms with Crippen LogP contribution in [-0.4, -0.2) is 28.7 Å². The lowest BCUT2D eigenvalue weighted by molar-refractivity contribution is -0.384. The van der Waals surface area contributed by atoms with Gasteiger partial charge in [0, 0.05) is 19.2 Å². The minimum absolute atomic E-state index is 0.0863. The van der Waals surface area contributed by atoms with Gasteiger partial charge in [0.05, 0.1) is 22.2 Å². The Kier molecular flexibility index (Phi) is 3.40. The lowest BCUT2D eigenvalue weighted by Gasteiger charge is -2.37. The molecule has 19 heavy (non-hydrogen) atoms. The van der Waals surface area contributed by atoms with E-state index < -0.39 is 10.5 Å². The number of nitrogens with zero attached hydrogens (tertiary/aromatic N) is 3. The van der Waals surface area contributed by atoms with Crippen LogP contribution in [0.3, 0.4) is 0 Å². The molecule has 6 nitrogen and oxygen atoms in total. The molecule has 2 rings (SSSR count). The van der Waals surface area contributed by atoms with E-state index in [1.54, 1.807) is 19.1 Å². The van der Waals surface area contributed by atoms with Crippen LogP contribution in [0.15, 0.2) is 18.2 Å². The number of hydrogen-bond donors (Lipinski definition) is 1. The monoisotopic (exact) mass is 261 g/mol. The molecule has 0 radical (unpaired) electrons. The molecule has 100 valence electrons. The van der Waals surface area contributed by atoms with E-state index in [1.807, 2.05) is 11.0 Å². The number of anilines is 1. The topological polar surface area (TPSA) is 90.4 Å². The van der Waals surface area contributed by atoms with Gasteiger partial charge >= 0.3 is 0 Å². The molecule has 1 unspecified atom stereocenters. The second-order valence-corrected chi connectivity index (χ2v) is 5.09. The Morgan fingerprint density at radius 1 is 1.58 bits per heavy atom. The zero-order chi connectivity index (χ0) is 14.0. The van der Waals surface area contributed by atoms with Crippen LogP contribution in [-0.2, 0) is 0 Å². The molecule has 0 spiro atoms. The Bertz CT molecular complexity index is 549. The van der Waals surface area contributed by atoms with Gasteiger partial charge in [0.15, 0.2) is 0 Å². The van der Waals surface area contributed by atoms with E-state index in [0.29, 0.717) is 25.2 Å². The molecule has 1 aliphatic heterocycles. The zero-order valence-electron chi connectivity index (χ0n) is 10.7. The highest BCUT2D eigenvalue weighted by molar-refractivity contribution is 5.66. The molecule has 0 aromatic heterocycles. The third-order valence-electron chi connectivity index (χ3n) is 3.32. The van der Waals surface area contributed by atoms with Gasteiger partial charge in [-0.15, -0.1) is 0 Å². The number of nitriles is 1. The molecule has 1 aromatic rings. The number of nitro groups is 1. The molecule has 1 heterocycles. The minimum atomic E-state index is -0.833. The molecule has 1 N–H and O–H groups in total. The van der Waals surface area contributed by atoms with Gasteiger partial charge < -0.3 is 10.0 Å². The van der Waals surface area contributed by atoms with E-state index in [9.17, 15) is 15.2 Å². The molecule has 1 fully saturated rings. The summed E-state index contributed by atoms with van der Waals surface area (Å²) < 4.78 is 0. The van der Waals surface area contributed by atoms with E-state index in [1.165, 1.54) is 6.07 Å². The van der Waals surface area contributed by atoms with Crippen LogP contribution in [0.5, 0.6) is 0 Å². The summed E-state index contributed by atoms with van der Waals surface area (Å²) in [6, 6.07) is 6.32. The Labute approximate surface area is 111 Å². The van der Waals surface area contributed by atoms with Crippen LogP contribution in [0.2, 0.25) is 0 Å². The summed E-state index contributed by atoms with van der Waals surface area (Å²) in [4.78, 5) is 12.4. The summed E-state index contributed by atoms with van der Waals surface area (Å²) >= 11 is 0. The first-order valence-corrected chi connectivity index (χ1v) is 6.09. The summed E-state index contributed by atoms with van der Waals surface area (Å²) in [7, 11) is 0. The average molecular weight is 261 g/mol. The summed E-state index contributed by atoms with van der Waals surface area (Å²) in [5, 5.41) is 30.0. The van der Waals surface area contributed by atoms with Crippen LogP contribution in [0.25, 0.3) is 0 Å². The summed E-state index contributed by atoms with van der Waals surface area (Å²) in [6.45, 7) is 2.76. The maximum Gasteiger partial charge on any atom is 0.293 e. The van der Waals surface area contributed by atoms with Crippen LogP contribution < -0.4 is 4.90 Å². The first-order valence-electron chi connectivity index (χ1n) is 6.09. The predicted molar refractivity (Wildman–Crippen MR) is 69.9 cm³/mol. The third-order valence-corrected chi connectivity index (χ3v) is 3.32. The van der Waals surface area contributed by atoms with Crippen molar-refractivity contribution in [3.8, 4) is 6.07 Å². The van der Waals surface area contributed by atoms with Crippen molar-refractivity contribution in [3.63, 3.8) is 0 Å². The molecular formula is C13H15N3O3. The first kappa shape index (κ1) is 13.3. The number of aliphatic hydroxyl groups is 1. The third kappa shape index (κ3) is 2.83. The van der Waals surface area contributed by atoms with Gasteiger partial charge in [-0.05, 0) is 31.9 Å². The van der Waals surface area contributed by atoms with E-state index in [0.717, 1.165) is 6.42 Å². The first-order chi connectivity index (χ1) is 8.93. The number of piperidine rings is 1. The van der Waals surface area contributed by atoms with Gasteiger partial charge in [-0.3, -0.25) is 10.1 Å². The van der Waals surface area contributed by atoms with E-state index in [4.69, 9.17) is 5.26 Å². The standard InChI is InChI=1S/C13H15N3O3/c1-13(17)5-2-6-15(9-13)11-4-3-10(8-14)7-12(11)16(18)19/h3-4,7,17H,2,5-6,9H2,1H3. The lowest BCUT2D eigenvalue weighted by atomic mass is 9.94. The van der Waals surface area contributed by atoms with Crippen LogP contribution >= 0.6 is 0 Å². The number of rotatable bonds is 2. The van der Waals surface area contributed by atoms with Crippen molar-refractivity contribution < 1.29 is 10.0 Å². The molecular weight excluding hydrogens is 246 g/mol. The smallest absolute Gasteiger partial charge is 0.293 e. The summed E-state index contributed by atoms with van der Waals surface area (Å²) in [5.41, 5.74) is -0.194. The van der Waals surface area contributed by atoms with Gasteiger partial charge in [-0.25, -0.2) is 0 Å². The van der Waals surface area contributed by atoms with Crippen molar-refractivity contribution in [2.75, 3.05) is 18.0 Å². The van der Waals surface area contributed by atoms with Gasteiger partial charge in [-0.1, -0.05) is 0 Å². The molecule has 6 heteroatoms. The van der Waals surface area contributed by atoms with Crippen molar-refractivity contribution in [1.29, 1.82) is 5.26 Å². The van der Waals surface area contributed by atoms with E-state index in [2.05, 4.69) is 0 Å². The highest BCUT2D eigenvalue weighted by Gasteiger charge is 2.31. The fourth-order valence-electron chi connectivity index (χ4n) is 2.43. The lowest BCUT2D eigenvalue weighted by Crippen LogP contribution is -2.46. The van der Waals surface area contributed by atoms with Crippen molar-refractivity contribution in [2.45, 2.75) is 25.4 Å². The normalized spacial score (nSPS) is 22.9. The van der Waals surface area contributed by atoms with Crippen LogP contribution in [0.1, 0.15) is 25.3 Å². The predicted octanol–water partition coefficient (Wildman–Crippen LogP) is 1.82. The molecule has 0 saturated carbocycles. The molecule has 0 aliphatic carbocycles. The molecule has 1 aliphatic rings. The zero-order valence-corrected chi connectivity index (χ0v) is 10.7. The van der Waals surface area contributed by atoms with Gasteiger partial charge in [-0.2, -0.15) is 5.26 Å². The maximum absolute atomic E-state index is 11.1. The minimum Gasteiger partial charge on any atom is -0.388 e. The van der Waals surface area contributed by atoms with Crippen LogP contribution in [0.4, 0.5) is 11.4 Å². The number of benzene rings is 1. The fourth-order valence-corrected chi connectivity index (χ4v) is 2.43. The number of nitro benzene ring substituents is 1. The van der Waals surface area contributed by atoms with Crippen molar-refractivity contribution in [3.05, 3.63) is 33.9 Å². The number of β-amino-alcohol motifs (C(OH)–C–C–N with tert-alkyl or cyclic N) is 1. The SMILES string of the molecule is CC1(O)CCCN(c2ccc(C#N)cc2[N+](=O)[O-])C1. The van der Waals surface area contributed by atoms with Gasteiger partial charge in [0.2, 0.25) is 0 Å². The molecule has 1 saturated heterocycles. The summed E-state index contributed by atoms with van der Waals surface area (Å²) in [5.74, 6) is 0. The molecule has 1 aromatic carbocycles. The Morgan fingerprint density at radius 2 is 2.32 bits per heavy atom. The highest BCUT2D eigenvalue weighted by atomic mass is 16.6. The highest BCUT2D eigenvalue weighted by Crippen LogP contribution is 2.33. The van der Waals surface area contributed by atoms with Crippen molar-refractivity contribution in [2.24, 2.45) is 0 Å². The van der Waals surface area contributed by atoms with Crippen molar-refractivity contribution >= 4 is 11.4 Å². The van der Waals surface area contributed by atoms with Gasteiger partial charge in [0.25, 0.3) is 5.69 Å². The Balaban J connectivity index is 2.39. The maximum atomic E-state index is 11.1. The number of hydrogen-bond acceptors (Lipinski definition) is 5. The van der Waals surface area contributed by atoms with E-state index in [-0.39, 0.29) is 11.3 Å². The van der Waals surface area contributed by atoms with Crippen molar-refractivity contribution in [1.82, 2.24) is 0 Å². The second-order valence-electron chi connectivity index (χ2n) is 5.09. The van der Waals surface area contributed by atoms with Crippen LogP contribution in [0, 0.1) is 21.4 Å². The van der Waals surface area contributed by atoms with E-state index >= 15 is 0 Å². The molecule has 1 atom stereocenters. The summed E-state index contributed by atoms with van der Waals surface area (Å²) in [6.07, 6.45) is 1.47. The quantitative estimate of drug-likeness (QED) is 0.647. The Morgan fingerprint density at radius 3 is 2.89 bits per heavy atom. The largest absolute Gasteiger partial charge is 0.388 e. The van der Waals surface area contributed by atoms with Gasteiger partial charge in [0.1, 0.15) is 5.69 Å². The molecule has 0 amide bonds. The molecule has 0 bridgehead atoms. The Hall–Kier alpha value is -2.13. The average Bonchev–Trinajstić information content (AvgIpc) is 2.36. The second kappa shape index (κ2) is 4.86. The fraction of sp³-hybridized carbons (Fsp3) is 0.462.